The van der Waals surface area contributed by atoms with Gasteiger partial charge in [0.25, 0.3) is 5.91 Å². The van der Waals surface area contributed by atoms with Crippen molar-refractivity contribution in [2.24, 2.45) is 7.05 Å². The van der Waals surface area contributed by atoms with Crippen molar-refractivity contribution in [3.8, 4) is 22.8 Å². The Labute approximate surface area is 174 Å². The summed E-state index contributed by atoms with van der Waals surface area (Å²) in [6.07, 6.45) is 0. The lowest BCUT2D eigenvalue weighted by atomic mass is 10.0. The summed E-state index contributed by atoms with van der Waals surface area (Å²) < 4.78 is 12.3. The third-order valence-electron chi connectivity index (χ3n) is 4.92. The molecule has 0 fully saturated rings. The number of aromatic nitrogens is 3. The highest BCUT2D eigenvalue weighted by Crippen LogP contribution is 2.31. The van der Waals surface area contributed by atoms with Crippen LogP contribution in [0.1, 0.15) is 16.1 Å². The zero-order chi connectivity index (χ0) is 21.3. The van der Waals surface area contributed by atoms with Crippen LogP contribution < -0.4 is 14.8 Å². The molecule has 0 aliphatic carbocycles. The number of anilines is 1. The van der Waals surface area contributed by atoms with E-state index in [2.05, 4.69) is 10.4 Å². The third kappa shape index (κ3) is 3.45. The molecule has 0 radical (unpaired) electrons. The first-order valence-electron chi connectivity index (χ1n) is 9.45. The monoisotopic (exact) mass is 402 g/mol. The maximum absolute atomic E-state index is 13.3. The number of pyridine rings is 1. The van der Waals surface area contributed by atoms with Crippen molar-refractivity contribution in [3.63, 3.8) is 0 Å². The van der Waals surface area contributed by atoms with Gasteiger partial charge in [-0.2, -0.15) is 5.10 Å². The molecule has 2 aromatic carbocycles. The number of methoxy groups -OCH3 is 2. The van der Waals surface area contributed by atoms with Crippen molar-refractivity contribution in [2.75, 3.05) is 19.5 Å². The van der Waals surface area contributed by atoms with Crippen LogP contribution in [0.15, 0.2) is 54.6 Å². The lowest BCUT2D eigenvalue weighted by molar-refractivity contribution is 0.102. The minimum Gasteiger partial charge on any atom is -0.493 e. The SMILES string of the molecule is COc1ccc(NC(=O)c2cc(-c3ccccc3)nc3c2c(C)nn3C)cc1OC. The van der Waals surface area contributed by atoms with Crippen LogP contribution in [0.2, 0.25) is 0 Å². The quantitative estimate of drug-likeness (QED) is 0.541. The number of nitrogens with one attached hydrogen (secondary N) is 1. The first-order chi connectivity index (χ1) is 14.5. The second kappa shape index (κ2) is 7.87. The number of hydrogen-bond acceptors (Lipinski definition) is 5. The molecule has 1 amide bonds. The van der Waals surface area contributed by atoms with E-state index >= 15 is 0 Å². The highest BCUT2D eigenvalue weighted by atomic mass is 16.5. The number of amides is 1. The van der Waals surface area contributed by atoms with Gasteiger partial charge in [0, 0.05) is 24.4 Å². The average Bonchev–Trinajstić information content (AvgIpc) is 3.07. The fourth-order valence-electron chi connectivity index (χ4n) is 3.49. The number of benzene rings is 2. The Morgan fingerprint density at radius 2 is 1.73 bits per heavy atom. The maximum atomic E-state index is 13.3. The number of aryl methyl sites for hydroxylation is 2. The van der Waals surface area contributed by atoms with Gasteiger partial charge in [0.1, 0.15) is 0 Å². The largest absolute Gasteiger partial charge is 0.493 e. The molecule has 0 unspecified atom stereocenters. The Hall–Kier alpha value is -3.87. The van der Waals surface area contributed by atoms with Gasteiger partial charge in [-0.25, -0.2) is 4.98 Å². The van der Waals surface area contributed by atoms with Crippen LogP contribution in [-0.4, -0.2) is 34.9 Å². The Bertz CT molecular complexity index is 1230. The fraction of sp³-hybridized carbons (Fsp3) is 0.174. The van der Waals surface area contributed by atoms with E-state index in [-0.39, 0.29) is 5.91 Å². The number of carbonyl (C=O) groups excluding carboxylic acids is 1. The summed E-state index contributed by atoms with van der Waals surface area (Å²) in [4.78, 5) is 18.0. The van der Waals surface area contributed by atoms with Crippen LogP contribution in [0.3, 0.4) is 0 Å². The molecule has 4 rings (SSSR count). The summed E-state index contributed by atoms with van der Waals surface area (Å²) in [5, 5.41) is 8.15. The second-order valence-electron chi connectivity index (χ2n) is 6.85. The highest BCUT2D eigenvalue weighted by molar-refractivity contribution is 6.13. The van der Waals surface area contributed by atoms with Crippen LogP contribution in [0.4, 0.5) is 5.69 Å². The van der Waals surface area contributed by atoms with Crippen molar-refractivity contribution in [1.82, 2.24) is 14.8 Å². The van der Waals surface area contributed by atoms with Crippen LogP contribution in [-0.2, 0) is 7.05 Å². The Morgan fingerprint density at radius 1 is 1.00 bits per heavy atom. The standard InChI is InChI=1S/C23H22N4O3/c1-14-21-17(23(28)24-16-10-11-19(29-3)20(12-16)30-4)13-18(15-8-6-5-7-9-15)25-22(21)27(2)26-14/h5-13H,1-4H3,(H,24,28). The van der Waals surface area contributed by atoms with E-state index < -0.39 is 0 Å². The summed E-state index contributed by atoms with van der Waals surface area (Å²) in [6.45, 7) is 1.87. The minimum atomic E-state index is -0.247. The summed E-state index contributed by atoms with van der Waals surface area (Å²) in [5.41, 5.74) is 4.16. The van der Waals surface area contributed by atoms with Gasteiger partial charge in [-0.15, -0.1) is 0 Å². The minimum absolute atomic E-state index is 0.247. The summed E-state index contributed by atoms with van der Waals surface area (Å²) in [6, 6.07) is 16.8. The molecule has 0 bridgehead atoms. The molecular formula is C23H22N4O3. The average molecular weight is 402 g/mol. The van der Waals surface area contributed by atoms with Crippen molar-refractivity contribution in [2.45, 2.75) is 6.92 Å². The molecule has 152 valence electrons. The van der Waals surface area contributed by atoms with E-state index in [1.54, 1.807) is 37.1 Å². The van der Waals surface area contributed by atoms with E-state index in [0.717, 1.165) is 16.6 Å². The van der Waals surface area contributed by atoms with Crippen LogP contribution in [0.25, 0.3) is 22.3 Å². The van der Waals surface area contributed by atoms with E-state index in [1.807, 2.05) is 50.4 Å². The zero-order valence-corrected chi connectivity index (χ0v) is 17.3. The molecule has 0 aliphatic heterocycles. The Balaban J connectivity index is 1.80. The van der Waals surface area contributed by atoms with Gasteiger partial charge in [0.2, 0.25) is 0 Å². The molecule has 2 aromatic heterocycles. The summed E-state index contributed by atoms with van der Waals surface area (Å²) in [5.74, 6) is 0.886. The van der Waals surface area contributed by atoms with Crippen molar-refractivity contribution in [1.29, 1.82) is 0 Å². The highest BCUT2D eigenvalue weighted by Gasteiger charge is 2.20. The number of fused-ring (bicyclic) bond motifs is 1. The molecule has 4 aromatic rings. The number of carbonyl (C=O) groups is 1. The molecule has 0 atom stereocenters. The zero-order valence-electron chi connectivity index (χ0n) is 17.3. The lowest BCUT2D eigenvalue weighted by Gasteiger charge is -2.12. The van der Waals surface area contributed by atoms with Crippen molar-refractivity contribution < 1.29 is 14.3 Å². The molecule has 2 heterocycles. The van der Waals surface area contributed by atoms with E-state index in [0.29, 0.717) is 34.1 Å². The Kier molecular flexibility index (Phi) is 5.10. The lowest BCUT2D eigenvalue weighted by Crippen LogP contribution is -2.13. The predicted molar refractivity (Wildman–Crippen MR) is 116 cm³/mol. The smallest absolute Gasteiger partial charge is 0.256 e. The van der Waals surface area contributed by atoms with Gasteiger partial charge in [-0.3, -0.25) is 9.48 Å². The normalized spacial score (nSPS) is 10.8. The molecule has 0 aliphatic rings. The molecule has 1 N–H and O–H groups in total. The van der Waals surface area contributed by atoms with Crippen molar-refractivity contribution in [3.05, 3.63) is 65.9 Å². The molecule has 0 saturated carbocycles. The van der Waals surface area contributed by atoms with E-state index in [4.69, 9.17) is 14.5 Å². The van der Waals surface area contributed by atoms with Gasteiger partial charge in [-0.1, -0.05) is 30.3 Å². The molecule has 0 spiro atoms. The second-order valence-corrected chi connectivity index (χ2v) is 6.85. The van der Waals surface area contributed by atoms with E-state index in [1.165, 1.54) is 0 Å². The molecule has 30 heavy (non-hydrogen) atoms. The van der Waals surface area contributed by atoms with Crippen molar-refractivity contribution >= 4 is 22.6 Å². The fourth-order valence-corrected chi connectivity index (χ4v) is 3.49. The number of rotatable bonds is 5. The first-order valence-corrected chi connectivity index (χ1v) is 9.45. The molecule has 0 saturated heterocycles. The van der Waals surface area contributed by atoms with E-state index in [9.17, 15) is 4.79 Å². The third-order valence-corrected chi connectivity index (χ3v) is 4.92. The van der Waals surface area contributed by atoms with Crippen LogP contribution in [0, 0.1) is 6.92 Å². The predicted octanol–water partition coefficient (Wildman–Crippen LogP) is 4.21. The molecular weight excluding hydrogens is 380 g/mol. The number of nitrogens with zero attached hydrogens (tertiary/aromatic N) is 3. The number of ether oxygens (including phenoxy) is 2. The van der Waals surface area contributed by atoms with Gasteiger partial charge < -0.3 is 14.8 Å². The van der Waals surface area contributed by atoms with Gasteiger partial charge >= 0.3 is 0 Å². The first kappa shape index (κ1) is 19.4. The van der Waals surface area contributed by atoms with Crippen LogP contribution >= 0.6 is 0 Å². The topological polar surface area (TPSA) is 78.3 Å². The van der Waals surface area contributed by atoms with Gasteiger partial charge in [0.15, 0.2) is 17.1 Å². The Morgan fingerprint density at radius 3 is 2.43 bits per heavy atom. The molecule has 7 nitrogen and oxygen atoms in total. The maximum Gasteiger partial charge on any atom is 0.256 e. The van der Waals surface area contributed by atoms with Gasteiger partial charge in [-0.05, 0) is 25.1 Å². The summed E-state index contributed by atoms with van der Waals surface area (Å²) in [7, 11) is 4.95. The summed E-state index contributed by atoms with van der Waals surface area (Å²) >= 11 is 0. The molecule has 7 heteroatoms. The number of hydrogen-bond donors (Lipinski definition) is 1. The van der Waals surface area contributed by atoms with Crippen LogP contribution in [0.5, 0.6) is 11.5 Å². The van der Waals surface area contributed by atoms with Gasteiger partial charge in [0.05, 0.1) is 36.6 Å².